The van der Waals surface area contributed by atoms with Crippen molar-refractivity contribution < 1.29 is 19.4 Å². The Morgan fingerprint density at radius 1 is 1.65 bits per heavy atom. The molecule has 94 valence electrons. The molecule has 1 atom stereocenters. The third-order valence-corrected chi connectivity index (χ3v) is 2.80. The van der Waals surface area contributed by atoms with Gasteiger partial charge >= 0.3 is 5.97 Å². The second kappa shape index (κ2) is 6.31. The molecule has 2 N–H and O–H groups in total. The number of hydrogen-bond acceptors (Lipinski definition) is 6. The second-order valence-corrected chi connectivity index (χ2v) is 4.44. The molecule has 1 unspecified atom stereocenters. The van der Waals surface area contributed by atoms with Crippen LogP contribution in [0.5, 0.6) is 0 Å². The Labute approximate surface area is 103 Å². The fourth-order valence-electron chi connectivity index (χ4n) is 1.15. The molecule has 0 bridgehead atoms. The van der Waals surface area contributed by atoms with Gasteiger partial charge in [0.05, 0.1) is 30.8 Å². The first-order valence-electron chi connectivity index (χ1n) is 4.96. The molecular formula is C10H14N2O4S. The number of aliphatic hydroxyl groups is 1. The molecule has 0 aliphatic carbocycles. The number of aromatic nitrogens is 1. The van der Waals surface area contributed by atoms with Crippen molar-refractivity contribution in [1.29, 1.82) is 0 Å². The van der Waals surface area contributed by atoms with Gasteiger partial charge in [-0.25, -0.2) is 9.78 Å². The van der Waals surface area contributed by atoms with Crippen LogP contribution >= 0.6 is 11.3 Å². The zero-order valence-electron chi connectivity index (χ0n) is 9.60. The monoisotopic (exact) mass is 258 g/mol. The smallest absolute Gasteiger partial charge is 0.336 e. The van der Waals surface area contributed by atoms with Crippen LogP contribution in [0.4, 0.5) is 0 Å². The molecule has 0 aromatic carbocycles. The summed E-state index contributed by atoms with van der Waals surface area (Å²) in [4.78, 5) is 26.4. The van der Waals surface area contributed by atoms with Crippen LogP contribution in [0.3, 0.4) is 0 Å². The van der Waals surface area contributed by atoms with Crippen LogP contribution in [-0.2, 0) is 20.7 Å². The lowest BCUT2D eigenvalue weighted by Gasteiger charge is -2.08. The van der Waals surface area contributed by atoms with Crippen LogP contribution in [0, 0.1) is 6.92 Å². The van der Waals surface area contributed by atoms with E-state index in [2.05, 4.69) is 15.0 Å². The number of hydrogen-bond donors (Lipinski definition) is 2. The van der Waals surface area contributed by atoms with Gasteiger partial charge in [-0.15, -0.1) is 11.3 Å². The number of carbonyl (C=O) groups is 2. The molecule has 1 rings (SSSR count). The minimum Gasteiger partial charge on any atom is -0.467 e. The summed E-state index contributed by atoms with van der Waals surface area (Å²) in [7, 11) is 1.17. The van der Waals surface area contributed by atoms with Crippen molar-refractivity contribution in [2.75, 3.05) is 13.7 Å². The van der Waals surface area contributed by atoms with Gasteiger partial charge in [0.1, 0.15) is 0 Å². The Hall–Kier alpha value is -1.47. The Bertz CT molecular complexity index is 405. The Morgan fingerprint density at radius 3 is 2.88 bits per heavy atom. The summed E-state index contributed by atoms with van der Waals surface area (Å²) >= 11 is 1.46. The van der Waals surface area contributed by atoms with Crippen molar-refractivity contribution in [1.82, 2.24) is 10.3 Å². The third kappa shape index (κ3) is 4.49. The summed E-state index contributed by atoms with van der Waals surface area (Å²) in [5, 5.41) is 14.4. The standard InChI is InChI=1S/C10H14N2O4S/c1-6-12-7(5-17-6)3-9(14)11-4-8(13)10(15)16-2/h5,8,13H,3-4H2,1-2H3,(H,11,14). The van der Waals surface area contributed by atoms with Crippen LogP contribution in [0.2, 0.25) is 0 Å². The molecule has 0 saturated carbocycles. The summed E-state index contributed by atoms with van der Waals surface area (Å²) in [6, 6.07) is 0. The highest BCUT2D eigenvalue weighted by molar-refractivity contribution is 7.09. The van der Waals surface area contributed by atoms with Crippen molar-refractivity contribution in [3.63, 3.8) is 0 Å². The summed E-state index contributed by atoms with van der Waals surface area (Å²) in [6.07, 6.45) is -1.20. The van der Waals surface area contributed by atoms with Crippen LogP contribution in [0.25, 0.3) is 0 Å². The molecule has 0 aliphatic rings. The first-order valence-corrected chi connectivity index (χ1v) is 5.84. The lowest BCUT2D eigenvalue weighted by Crippen LogP contribution is -2.37. The maximum atomic E-state index is 11.4. The van der Waals surface area contributed by atoms with E-state index in [0.29, 0.717) is 5.69 Å². The number of amides is 1. The number of ether oxygens (including phenoxy) is 1. The molecule has 1 aromatic rings. The predicted molar refractivity (Wildman–Crippen MR) is 61.6 cm³/mol. The van der Waals surface area contributed by atoms with Gasteiger partial charge in [-0.2, -0.15) is 0 Å². The van der Waals surface area contributed by atoms with E-state index >= 15 is 0 Å². The van der Waals surface area contributed by atoms with E-state index in [9.17, 15) is 14.7 Å². The zero-order chi connectivity index (χ0) is 12.8. The zero-order valence-corrected chi connectivity index (χ0v) is 10.4. The van der Waals surface area contributed by atoms with E-state index in [1.165, 1.54) is 18.4 Å². The van der Waals surface area contributed by atoms with E-state index in [0.717, 1.165) is 5.01 Å². The molecule has 0 spiro atoms. The van der Waals surface area contributed by atoms with Crippen molar-refractivity contribution in [3.8, 4) is 0 Å². The number of carbonyl (C=O) groups excluding carboxylic acids is 2. The molecular weight excluding hydrogens is 244 g/mol. The highest BCUT2D eigenvalue weighted by Gasteiger charge is 2.16. The SMILES string of the molecule is COC(=O)C(O)CNC(=O)Cc1csc(C)n1. The number of nitrogens with zero attached hydrogens (tertiary/aromatic N) is 1. The van der Waals surface area contributed by atoms with E-state index < -0.39 is 12.1 Å². The number of nitrogens with one attached hydrogen (secondary N) is 1. The highest BCUT2D eigenvalue weighted by Crippen LogP contribution is 2.08. The van der Waals surface area contributed by atoms with Gasteiger partial charge in [0.15, 0.2) is 6.10 Å². The number of aliphatic hydroxyl groups excluding tert-OH is 1. The highest BCUT2D eigenvalue weighted by atomic mass is 32.1. The lowest BCUT2D eigenvalue weighted by atomic mass is 10.3. The maximum absolute atomic E-state index is 11.4. The van der Waals surface area contributed by atoms with Gasteiger partial charge in [0, 0.05) is 5.38 Å². The minimum absolute atomic E-state index is 0.137. The van der Waals surface area contributed by atoms with E-state index in [1.54, 1.807) is 5.38 Å². The molecule has 1 amide bonds. The van der Waals surface area contributed by atoms with Crippen LogP contribution < -0.4 is 5.32 Å². The van der Waals surface area contributed by atoms with Gasteiger partial charge < -0.3 is 15.2 Å². The van der Waals surface area contributed by atoms with E-state index in [1.807, 2.05) is 6.92 Å². The fraction of sp³-hybridized carbons (Fsp3) is 0.500. The Kier molecular flexibility index (Phi) is 5.05. The predicted octanol–water partition coefficient (Wildman–Crippen LogP) is -0.356. The molecule has 0 aliphatic heterocycles. The average Bonchev–Trinajstić information content (AvgIpc) is 2.70. The molecule has 1 aromatic heterocycles. The molecule has 6 nitrogen and oxygen atoms in total. The van der Waals surface area contributed by atoms with Crippen molar-refractivity contribution in [2.45, 2.75) is 19.4 Å². The van der Waals surface area contributed by atoms with Gasteiger partial charge in [-0.05, 0) is 6.92 Å². The number of thiazole rings is 1. The molecule has 1 heterocycles. The summed E-state index contributed by atoms with van der Waals surface area (Å²) < 4.78 is 4.31. The van der Waals surface area contributed by atoms with E-state index in [-0.39, 0.29) is 18.9 Å². The molecule has 7 heteroatoms. The number of aryl methyl sites for hydroxylation is 1. The Morgan fingerprint density at radius 2 is 2.35 bits per heavy atom. The summed E-state index contributed by atoms with van der Waals surface area (Å²) in [5.41, 5.74) is 0.678. The van der Waals surface area contributed by atoms with Gasteiger partial charge in [0.25, 0.3) is 0 Å². The van der Waals surface area contributed by atoms with Gasteiger partial charge in [-0.3, -0.25) is 4.79 Å². The lowest BCUT2D eigenvalue weighted by molar-refractivity contribution is -0.150. The van der Waals surface area contributed by atoms with E-state index in [4.69, 9.17) is 0 Å². The maximum Gasteiger partial charge on any atom is 0.336 e. The number of esters is 1. The normalized spacial score (nSPS) is 11.9. The van der Waals surface area contributed by atoms with Crippen molar-refractivity contribution >= 4 is 23.2 Å². The van der Waals surface area contributed by atoms with Crippen LogP contribution in [0.1, 0.15) is 10.7 Å². The minimum atomic E-state index is -1.33. The fourth-order valence-corrected chi connectivity index (χ4v) is 1.76. The average molecular weight is 258 g/mol. The molecule has 0 saturated heterocycles. The largest absolute Gasteiger partial charge is 0.467 e. The molecule has 0 fully saturated rings. The third-order valence-electron chi connectivity index (χ3n) is 1.97. The number of methoxy groups -OCH3 is 1. The topological polar surface area (TPSA) is 88.5 Å². The van der Waals surface area contributed by atoms with Crippen LogP contribution in [0.15, 0.2) is 5.38 Å². The summed E-state index contributed by atoms with van der Waals surface area (Å²) in [5.74, 6) is -1.06. The second-order valence-electron chi connectivity index (χ2n) is 3.38. The van der Waals surface area contributed by atoms with Crippen LogP contribution in [-0.4, -0.2) is 41.7 Å². The molecule has 17 heavy (non-hydrogen) atoms. The van der Waals surface area contributed by atoms with Gasteiger partial charge in [0.2, 0.25) is 5.91 Å². The number of rotatable bonds is 5. The van der Waals surface area contributed by atoms with Crippen molar-refractivity contribution in [2.24, 2.45) is 0 Å². The quantitative estimate of drug-likeness (QED) is 0.704. The Balaban J connectivity index is 2.33. The first-order chi connectivity index (χ1) is 8.02. The van der Waals surface area contributed by atoms with Crippen molar-refractivity contribution in [3.05, 3.63) is 16.1 Å². The first kappa shape index (κ1) is 13.6. The molecule has 0 radical (unpaired) electrons. The van der Waals surface area contributed by atoms with Gasteiger partial charge in [-0.1, -0.05) is 0 Å². The summed E-state index contributed by atoms with van der Waals surface area (Å²) in [6.45, 7) is 1.70.